The van der Waals surface area contributed by atoms with Gasteiger partial charge in [-0.3, -0.25) is 4.79 Å². The van der Waals surface area contributed by atoms with Gasteiger partial charge in [0.05, 0.1) is 13.2 Å². The molecule has 0 fully saturated rings. The van der Waals surface area contributed by atoms with E-state index in [0.29, 0.717) is 13.2 Å². The van der Waals surface area contributed by atoms with Crippen molar-refractivity contribution < 1.29 is 13.9 Å². The van der Waals surface area contributed by atoms with Crippen LogP contribution in [0.1, 0.15) is 30.9 Å². The van der Waals surface area contributed by atoms with E-state index in [1.54, 1.807) is 6.07 Å². The van der Waals surface area contributed by atoms with E-state index in [2.05, 4.69) is 12.2 Å². The summed E-state index contributed by atoms with van der Waals surface area (Å²) in [5.74, 6) is -0.432. The molecule has 19 heavy (non-hydrogen) atoms. The van der Waals surface area contributed by atoms with Crippen LogP contribution in [0.5, 0.6) is 0 Å². The minimum Gasteiger partial charge on any atom is -0.465 e. The summed E-state index contributed by atoms with van der Waals surface area (Å²) in [6.45, 7) is 5.34. The molecule has 4 heteroatoms. The summed E-state index contributed by atoms with van der Waals surface area (Å²) in [4.78, 5) is 11.3. The van der Waals surface area contributed by atoms with Crippen molar-refractivity contribution in [2.24, 2.45) is 0 Å². The Kier molecular flexibility index (Phi) is 7.11. The molecule has 0 amide bonds. The fraction of sp³-hybridized carbons (Fsp3) is 0.533. The smallest absolute Gasteiger partial charge is 0.319 e. The number of hydrogen-bond acceptors (Lipinski definition) is 3. The minimum atomic E-state index is -0.218. The van der Waals surface area contributed by atoms with Crippen LogP contribution in [0.15, 0.2) is 18.2 Å². The van der Waals surface area contributed by atoms with Gasteiger partial charge in [-0.05, 0) is 49.6 Å². The molecule has 0 radical (unpaired) electrons. The van der Waals surface area contributed by atoms with Gasteiger partial charge in [-0.2, -0.15) is 0 Å². The molecule has 0 saturated heterocycles. The molecule has 1 aromatic rings. The van der Waals surface area contributed by atoms with Crippen LogP contribution in [0, 0.1) is 12.7 Å². The normalized spacial score (nSPS) is 10.5. The Morgan fingerprint density at radius 1 is 1.42 bits per heavy atom. The first kappa shape index (κ1) is 15.6. The number of rotatable bonds is 8. The van der Waals surface area contributed by atoms with E-state index in [1.165, 1.54) is 12.1 Å². The van der Waals surface area contributed by atoms with Crippen molar-refractivity contribution in [1.82, 2.24) is 5.32 Å². The van der Waals surface area contributed by atoms with Crippen molar-refractivity contribution in [2.45, 2.75) is 33.1 Å². The number of carbonyl (C=O) groups excluding carboxylic acids is 1. The van der Waals surface area contributed by atoms with Crippen molar-refractivity contribution in [3.63, 3.8) is 0 Å². The molecule has 0 heterocycles. The van der Waals surface area contributed by atoms with Crippen LogP contribution in [0.3, 0.4) is 0 Å². The van der Waals surface area contributed by atoms with E-state index in [0.717, 1.165) is 30.4 Å². The first-order valence-electron chi connectivity index (χ1n) is 6.75. The molecule has 3 nitrogen and oxygen atoms in total. The van der Waals surface area contributed by atoms with E-state index >= 15 is 0 Å². The molecule has 0 aliphatic heterocycles. The van der Waals surface area contributed by atoms with Gasteiger partial charge in [0.1, 0.15) is 5.82 Å². The van der Waals surface area contributed by atoms with Crippen molar-refractivity contribution in [1.29, 1.82) is 0 Å². The topological polar surface area (TPSA) is 38.3 Å². The summed E-state index contributed by atoms with van der Waals surface area (Å²) < 4.78 is 17.9. The van der Waals surface area contributed by atoms with Gasteiger partial charge in [0, 0.05) is 0 Å². The van der Waals surface area contributed by atoms with Gasteiger partial charge in [0.15, 0.2) is 0 Å². The Hall–Kier alpha value is -1.42. The van der Waals surface area contributed by atoms with Gasteiger partial charge in [-0.1, -0.05) is 19.4 Å². The highest BCUT2D eigenvalue weighted by Crippen LogP contribution is 2.10. The number of unbranched alkanes of at least 4 members (excludes halogenated alkanes) is 1. The lowest BCUT2D eigenvalue weighted by Crippen LogP contribution is -2.27. The Labute approximate surface area is 114 Å². The van der Waals surface area contributed by atoms with Crippen LogP contribution in [0.2, 0.25) is 0 Å². The van der Waals surface area contributed by atoms with Crippen LogP contribution in [-0.4, -0.2) is 25.7 Å². The molecule has 1 N–H and O–H groups in total. The number of aryl methyl sites for hydroxylation is 1. The van der Waals surface area contributed by atoms with Gasteiger partial charge in [-0.15, -0.1) is 0 Å². The van der Waals surface area contributed by atoms with Gasteiger partial charge < -0.3 is 10.1 Å². The summed E-state index contributed by atoms with van der Waals surface area (Å²) in [6.07, 6.45) is 2.69. The number of benzene rings is 1. The lowest BCUT2D eigenvalue weighted by atomic mass is 10.1. The number of ether oxygens (including phenoxy) is 1. The number of esters is 1. The highest BCUT2D eigenvalue weighted by molar-refractivity contribution is 5.71. The molecule has 0 saturated carbocycles. The molecule has 1 aromatic carbocycles. The molecule has 0 aliphatic carbocycles. The van der Waals surface area contributed by atoms with Gasteiger partial charge >= 0.3 is 5.97 Å². The van der Waals surface area contributed by atoms with E-state index in [4.69, 9.17) is 4.74 Å². The zero-order valence-corrected chi connectivity index (χ0v) is 11.7. The SMILES string of the molecule is CCCCOC(=O)CNCCc1ccc(F)cc1C. The second-order valence-corrected chi connectivity index (χ2v) is 4.57. The van der Waals surface area contributed by atoms with Crippen molar-refractivity contribution in [2.75, 3.05) is 19.7 Å². The third-order valence-corrected chi connectivity index (χ3v) is 2.91. The third-order valence-electron chi connectivity index (χ3n) is 2.91. The summed E-state index contributed by atoms with van der Waals surface area (Å²) in [7, 11) is 0. The first-order valence-corrected chi connectivity index (χ1v) is 6.75. The third kappa shape index (κ3) is 6.34. The highest BCUT2D eigenvalue weighted by atomic mass is 19.1. The van der Waals surface area contributed by atoms with E-state index in [9.17, 15) is 9.18 Å². The van der Waals surface area contributed by atoms with Crippen LogP contribution >= 0.6 is 0 Å². The average molecular weight is 267 g/mol. The van der Waals surface area contributed by atoms with E-state index in [-0.39, 0.29) is 18.3 Å². The van der Waals surface area contributed by atoms with Crippen LogP contribution in [0.4, 0.5) is 4.39 Å². The largest absolute Gasteiger partial charge is 0.465 e. The maximum atomic E-state index is 12.9. The van der Waals surface area contributed by atoms with Gasteiger partial charge in [-0.25, -0.2) is 4.39 Å². The predicted molar refractivity (Wildman–Crippen MR) is 73.6 cm³/mol. The zero-order chi connectivity index (χ0) is 14.1. The highest BCUT2D eigenvalue weighted by Gasteiger charge is 2.03. The fourth-order valence-electron chi connectivity index (χ4n) is 1.73. The second-order valence-electron chi connectivity index (χ2n) is 4.57. The van der Waals surface area contributed by atoms with Crippen molar-refractivity contribution in [3.8, 4) is 0 Å². The standard InChI is InChI=1S/C15H22FNO2/c1-3-4-9-19-15(18)11-17-8-7-13-5-6-14(16)10-12(13)2/h5-6,10,17H,3-4,7-9,11H2,1-2H3. The fourth-order valence-corrected chi connectivity index (χ4v) is 1.73. The molecule has 106 valence electrons. The molecular formula is C15H22FNO2. The number of hydrogen-bond donors (Lipinski definition) is 1. The van der Waals surface area contributed by atoms with Crippen LogP contribution in [0.25, 0.3) is 0 Å². The van der Waals surface area contributed by atoms with E-state index in [1.807, 2.05) is 6.92 Å². The summed E-state index contributed by atoms with van der Waals surface area (Å²) in [6, 6.07) is 4.77. The average Bonchev–Trinajstić information content (AvgIpc) is 2.37. The van der Waals surface area contributed by atoms with Crippen molar-refractivity contribution in [3.05, 3.63) is 35.1 Å². The second kappa shape index (κ2) is 8.64. The molecule has 0 bridgehead atoms. The Morgan fingerprint density at radius 2 is 2.21 bits per heavy atom. The first-order chi connectivity index (χ1) is 9.13. The van der Waals surface area contributed by atoms with Crippen LogP contribution in [-0.2, 0) is 16.0 Å². The molecule has 0 spiro atoms. The molecule has 0 unspecified atom stereocenters. The maximum absolute atomic E-state index is 12.9. The lowest BCUT2D eigenvalue weighted by Gasteiger charge is -2.08. The summed E-state index contributed by atoms with van der Waals surface area (Å²) in [5.41, 5.74) is 2.03. The number of nitrogens with one attached hydrogen (secondary N) is 1. The predicted octanol–water partition coefficient (Wildman–Crippen LogP) is 2.61. The Balaban J connectivity index is 2.18. The Morgan fingerprint density at radius 3 is 2.89 bits per heavy atom. The lowest BCUT2D eigenvalue weighted by molar-refractivity contribution is -0.142. The summed E-state index contributed by atoms with van der Waals surface area (Å²) >= 11 is 0. The monoisotopic (exact) mass is 267 g/mol. The molecule has 0 atom stereocenters. The molecule has 0 aromatic heterocycles. The molecule has 1 rings (SSSR count). The summed E-state index contributed by atoms with van der Waals surface area (Å²) in [5, 5.41) is 3.03. The molecular weight excluding hydrogens is 245 g/mol. The van der Waals surface area contributed by atoms with Crippen LogP contribution < -0.4 is 5.32 Å². The minimum absolute atomic E-state index is 0.214. The van der Waals surface area contributed by atoms with Crippen molar-refractivity contribution >= 4 is 5.97 Å². The maximum Gasteiger partial charge on any atom is 0.319 e. The quantitative estimate of drug-likeness (QED) is 0.581. The zero-order valence-electron chi connectivity index (χ0n) is 11.7. The molecule has 0 aliphatic rings. The number of halogens is 1. The number of carbonyl (C=O) groups is 1. The Bertz CT molecular complexity index is 407. The van der Waals surface area contributed by atoms with E-state index < -0.39 is 0 Å². The van der Waals surface area contributed by atoms with Gasteiger partial charge in [0.2, 0.25) is 0 Å². The van der Waals surface area contributed by atoms with Gasteiger partial charge in [0.25, 0.3) is 0 Å².